The predicted molar refractivity (Wildman–Crippen MR) is 65.6 cm³/mol. The van der Waals surface area contributed by atoms with Crippen LogP contribution in [0.2, 0.25) is 0 Å². The molecular weight excluding hydrogens is 220 g/mol. The Kier molecular flexibility index (Phi) is 5.36. The molecule has 1 atom stereocenters. The number of carbonyl (C=O) groups is 1. The summed E-state index contributed by atoms with van der Waals surface area (Å²) >= 11 is 0. The van der Waals surface area contributed by atoms with Crippen molar-refractivity contribution in [3.8, 4) is 0 Å². The molecule has 5 heteroatoms. The lowest BCUT2D eigenvalue weighted by Crippen LogP contribution is -2.57. The topological polar surface area (TPSA) is 64.8 Å². The highest BCUT2D eigenvalue weighted by Gasteiger charge is 2.40. The monoisotopic (exact) mass is 244 g/mol. The molecule has 1 aliphatic rings. The van der Waals surface area contributed by atoms with Crippen molar-refractivity contribution >= 4 is 5.97 Å². The van der Waals surface area contributed by atoms with Crippen LogP contribution in [0.3, 0.4) is 0 Å². The van der Waals surface area contributed by atoms with E-state index in [1.807, 2.05) is 20.8 Å². The van der Waals surface area contributed by atoms with Gasteiger partial charge in [0.2, 0.25) is 0 Å². The molecule has 1 saturated heterocycles. The molecule has 0 spiro atoms. The number of hydrogen-bond acceptors (Lipinski definition) is 5. The molecule has 17 heavy (non-hydrogen) atoms. The van der Waals surface area contributed by atoms with Gasteiger partial charge < -0.3 is 15.2 Å². The van der Waals surface area contributed by atoms with Crippen LogP contribution in [0.25, 0.3) is 0 Å². The van der Waals surface area contributed by atoms with Gasteiger partial charge in [-0.15, -0.1) is 0 Å². The van der Waals surface area contributed by atoms with E-state index in [9.17, 15) is 4.79 Å². The van der Waals surface area contributed by atoms with Crippen molar-refractivity contribution in [2.24, 2.45) is 11.7 Å². The number of rotatable bonds is 5. The zero-order valence-corrected chi connectivity index (χ0v) is 11.1. The fraction of sp³-hybridized carbons (Fsp3) is 0.917. The summed E-state index contributed by atoms with van der Waals surface area (Å²) in [6.07, 6.45) is 0. The van der Waals surface area contributed by atoms with E-state index in [1.165, 1.54) is 0 Å². The Morgan fingerprint density at radius 2 is 2.06 bits per heavy atom. The smallest absolute Gasteiger partial charge is 0.312 e. The van der Waals surface area contributed by atoms with Crippen molar-refractivity contribution < 1.29 is 14.3 Å². The van der Waals surface area contributed by atoms with Gasteiger partial charge in [0.05, 0.1) is 25.7 Å². The Morgan fingerprint density at radius 1 is 1.47 bits per heavy atom. The molecule has 1 aliphatic heterocycles. The van der Waals surface area contributed by atoms with Gasteiger partial charge in [0.1, 0.15) is 0 Å². The average Bonchev–Trinajstić information content (AvgIpc) is 2.31. The summed E-state index contributed by atoms with van der Waals surface area (Å²) in [4.78, 5) is 14.2. The van der Waals surface area contributed by atoms with Gasteiger partial charge in [-0.3, -0.25) is 9.69 Å². The molecule has 1 fully saturated rings. The lowest BCUT2D eigenvalue weighted by molar-refractivity contribution is -0.154. The van der Waals surface area contributed by atoms with Crippen LogP contribution in [0.1, 0.15) is 20.8 Å². The third-order valence-corrected chi connectivity index (χ3v) is 3.49. The summed E-state index contributed by atoms with van der Waals surface area (Å²) < 4.78 is 10.4. The standard InChI is InChI=1S/C12H24N2O3/c1-4-17-11(15)10(9-13)12(2,3)14-5-7-16-8-6-14/h10H,4-9,13H2,1-3H3/t10-/m0/s1. The van der Waals surface area contributed by atoms with Gasteiger partial charge in [-0.05, 0) is 20.8 Å². The molecule has 2 N–H and O–H groups in total. The van der Waals surface area contributed by atoms with Crippen LogP contribution in [0.15, 0.2) is 0 Å². The molecule has 0 aromatic rings. The minimum atomic E-state index is -0.291. The van der Waals surface area contributed by atoms with Gasteiger partial charge in [-0.25, -0.2) is 0 Å². The Hall–Kier alpha value is -0.650. The third-order valence-electron chi connectivity index (χ3n) is 3.49. The Morgan fingerprint density at radius 3 is 2.53 bits per heavy atom. The van der Waals surface area contributed by atoms with Crippen molar-refractivity contribution in [2.45, 2.75) is 26.3 Å². The fourth-order valence-corrected chi connectivity index (χ4v) is 2.28. The summed E-state index contributed by atoms with van der Waals surface area (Å²) in [5, 5.41) is 0. The molecule has 0 aromatic carbocycles. The number of ether oxygens (including phenoxy) is 2. The molecule has 5 nitrogen and oxygen atoms in total. The van der Waals surface area contributed by atoms with Crippen molar-refractivity contribution in [3.63, 3.8) is 0 Å². The maximum atomic E-state index is 11.9. The number of morpholine rings is 1. The van der Waals surface area contributed by atoms with Crippen molar-refractivity contribution in [3.05, 3.63) is 0 Å². The fourth-order valence-electron chi connectivity index (χ4n) is 2.28. The second kappa shape index (κ2) is 6.33. The second-order valence-corrected chi connectivity index (χ2v) is 4.79. The Balaban J connectivity index is 2.72. The van der Waals surface area contributed by atoms with Crippen molar-refractivity contribution in [1.29, 1.82) is 0 Å². The van der Waals surface area contributed by atoms with Gasteiger partial charge in [0.25, 0.3) is 0 Å². The van der Waals surface area contributed by atoms with Gasteiger partial charge in [0, 0.05) is 25.2 Å². The quantitative estimate of drug-likeness (QED) is 0.702. The number of nitrogens with two attached hydrogens (primary N) is 1. The summed E-state index contributed by atoms with van der Waals surface area (Å²) in [6, 6.07) is 0. The number of carbonyl (C=O) groups excluding carboxylic acids is 1. The molecule has 0 aromatic heterocycles. The van der Waals surface area contributed by atoms with E-state index in [4.69, 9.17) is 15.2 Å². The van der Waals surface area contributed by atoms with E-state index in [-0.39, 0.29) is 17.4 Å². The average molecular weight is 244 g/mol. The normalized spacial score (nSPS) is 20.0. The highest BCUT2D eigenvalue weighted by atomic mass is 16.5. The van der Waals surface area contributed by atoms with Crippen LogP contribution >= 0.6 is 0 Å². The number of hydrogen-bond donors (Lipinski definition) is 1. The molecule has 1 heterocycles. The Labute approximate surface area is 103 Å². The number of esters is 1. The minimum Gasteiger partial charge on any atom is -0.466 e. The first kappa shape index (κ1) is 14.4. The zero-order chi connectivity index (χ0) is 12.9. The molecule has 0 amide bonds. The first-order valence-electron chi connectivity index (χ1n) is 6.23. The van der Waals surface area contributed by atoms with Crippen molar-refractivity contribution in [2.75, 3.05) is 39.5 Å². The molecule has 100 valence electrons. The van der Waals surface area contributed by atoms with Crippen molar-refractivity contribution in [1.82, 2.24) is 4.90 Å². The van der Waals surface area contributed by atoms with E-state index in [2.05, 4.69) is 4.90 Å². The first-order valence-corrected chi connectivity index (χ1v) is 6.23. The highest BCUT2D eigenvalue weighted by Crippen LogP contribution is 2.26. The largest absolute Gasteiger partial charge is 0.466 e. The predicted octanol–water partition coefficient (Wildman–Crippen LogP) is 0.235. The minimum absolute atomic E-state index is 0.202. The molecule has 0 bridgehead atoms. The van der Waals surface area contributed by atoms with E-state index < -0.39 is 0 Å². The van der Waals surface area contributed by atoms with Gasteiger partial charge in [0.15, 0.2) is 0 Å². The van der Waals surface area contributed by atoms with E-state index in [0.29, 0.717) is 26.4 Å². The first-order chi connectivity index (χ1) is 8.04. The summed E-state index contributed by atoms with van der Waals surface area (Å²) in [5.41, 5.74) is 5.45. The lowest BCUT2D eigenvalue weighted by Gasteiger charge is -2.44. The molecule has 0 radical (unpaired) electrons. The summed E-state index contributed by atoms with van der Waals surface area (Å²) in [7, 11) is 0. The zero-order valence-electron chi connectivity index (χ0n) is 11.1. The third kappa shape index (κ3) is 3.40. The maximum Gasteiger partial charge on any atom is 0.312 e. The van der Waals surface area contributed by atoms with Crippen LogP contribution < -0.4 is 5.73 Å². The second-order valence-electron chi connectivity index (χ2n) is 4.79. The van der Waals surface area contributed by atoms with Crippen LogP contribution in [-0.4, -0.2) is 55.9 Å². The number of nitrogens with zero attached hydrogens (tertiary/aromatic N) is 1. The Bertz CT molecular complexity index is 250. The lowest BCUT2D eigenvalue weighted by atomic mass is 9.85. The molecule has 0 aliphatic carbocycles. The summed E-state index contributed by atoms with van der Waals surface area (Å²) in [6.45, 7) is 9.71. The van der Waals surface area contributed by atoms with E-state index >= 15 is 0 Å². The van der Waals surface area contributed by atoms with Crippen LogP contribution in [0.4, 0.5) is 0 Å². The molecule has 1 rings (SSSR count). The SMILES string of the molecule is CCOC(=O)[C@H](CN)C(C)(C)N1CCOCC1. The summed E-state index contributed by atoms with van der Waals surface area (Å²) in [5.74, 6) is -0.493. The van der Waals surface area contributed by atoms with Crippen LogP contribution in [0, 0.1) is 5.92 Å². The molecule has 0 saturated carbocycles. The van der Waals surface area contributed by atoms with E-state index in [1.54, 1.807) is 0 Å². The van der Waals surface area contributed by atoms with Gasteiger partial charge >= 0.3 is 5.97 Å². The van der Waals surface area contributed by atoms with Gasteiger partial charge in [-0.2, -0.15) is 0 Å². The van der Waals surface area contributed by atoms with Crippen LogP contribution in [-0.2, 0) is 14.3 Å². The van der Waals surface area contributed by atoms with Gasteiger partial charge in [-0.1, -0.05) is 0 Å². The highest BCUT2D eigenvalue weighted by molar-refractivity contribution is 5.74. The molecule has 0 unspecified atom stereocenters. The van der Waals surface area contributed by atoms with Crippen LogP contribution in [0.5, 0.6) is 0 Å². The molecular formula is C12H24N2O3. The maximum absolute atomic E-state index is 11.9. The van der Waals surface area contributed by atoms with E-state index in [0.717, 1.165) is 13.1 Å².